The normalized spacial score (nSPS) is 14.8. The lowest BCUT2D eigenvalue weighted by Gasteiger charge is -2.21. The van der Waals surface area contributed by atoms with Gasteiger partial charge in [-0.15, -0.1) is 0 Å². The molecule has 1 aromatic rings. The summed E-state index contributed by atoms with van der Waals surface area (Å²) in [6, 6.07) is 3.14. The molecule has 2 rings (SSSR count). The van der Waals surface area contributed by atoms with E-state index in [1.54, 1.807) is 19.1 Å². The summed E-state index contributed by atoms with van der Waals surface area (Å²) in [5, 5.41) is 0.519. The van der Waals surface area contributed by atoms with E-state index in [0.29, 0.717) is 42.8 Å². The maximum absolute atomic E-state index is 11.3. The van der Waals surface area contributed by atoms with Crippen molar-refractivity contribution in [1.29, 1.82) is 0 Å². The SMILES string of the molecule is CCOC(=O)CCC(N)c1cc2c(cc1Cl)OCCO2. The zero-order valence-electron chi connectivity index (χ0n) is 11.4. The van der Waals surface area contributed by atoms with Gasteiger partial charge in [-0.2, -0.15) is 0 Å². The molecule has 1 aliphatic heterocycles. The fraction of sp³-hybridized carbons (Fsp3) is 0.500. The largest absolute Gasteiger partial charge is 0.486 e. The summed E-state index contributed by atoms with van der Waals surface area (Å²) in [5.74, 6) is 1.02. The number of hydrogen-bond acceptors (Lipinski definition) is 5. The molecule has 0 amide bonds. The van der Waals surface area contributed by atoms with Gasteiger partial charge in [0.2, 0.25) is 0 Å². The van der Waals surface area contributed by atoms with Crippen LogP contribution in [0.2, 0.25) is 5.02 Å². The van der Waals surface area contributed by atoms with E-state index >= 15 is 0 Å². The molecule has 1 atom stereocenters. The lowest BCUT2D eigenvalue weighted by atomic mass is 10.0. The number of ether oxygens (including phenoxy) is 3. The van der Waals surface area contributed by atoms with Crippen molar-refractivity contribution in [2.45, 2.75) is 25.8 Å². The molecular weight excluding hydrogens is 282 g/mol. The Hall–Kier alpha value is -1.46. The monoisotopic (exact) mass is 299 g/mol. The van der Waals surface area contributed by atoms with Gasteiger partial charge < -0.3 is 19.9 Å². The van der Waals surface area contributed by atoms with Crippen LogP contribution in [-0.2, 0) is 9.53 Å². The van der Waals surface area contributed by atoms with Gasteiger partial charge in [0.05, 0.1) is 6.61 Å². The summed E-state index contributed by atoms with van der Waals surface area (Å²) >= 11 is 6.20. The van der Waals surface area contributed by atoms with E-state index in [1.807, 2.05) is 0 Å². The summed E-state index contributed by atoms with van der Waals surface area (Å²) in [6.07, 6.45) is 0.734. The van der Waals surface area contributed by atoms with Gasteiger partial charge in [-0.1, -0.05) is 11.6 Å². The minimum absolute atomic E-state index is 0.253. The number of carbonyl (C=O) groups is 1. The highest BCUT2D eigenvalue weighted by Gasteiger charge is 2.19. The van der Waals surface area contributed by atoms with Gasteiger partial charge in [0, 0.05) is 23.6 Å². The molecule has 5 nitrogen and oxygen atoms in total. The van der Waals surface area contributed by atoms with Crippen LogP contribution >= 0.6 is 11.6 Å². The standard InChI is InChI=1S/C14H18ClNO4/c1-2-18-14(17)4-3-11(16)9-7-12-13(8-10(9)15)20-6-5-19-12/h7-8,11H,2-6,16H2,1H3. The van der Waals surface area contributed by atoms with Crippen LogP contribution in [-0.4, -0.2) is 25.8 Å². The Kier molecular flexibility index (Phi) is 5.09. The lowest BCUT2D eigenvalue weighted by Crippen LogP contribution is -2.18. The number of carbonyl (C=O) groups excluding carboxylic acids is 1. The smallest absolute Gasteiger partial charge is 0.305 e. The predicted molar refractivity (Wildman–Crippen MR) is 75.2 cm³/mol. The van der Waals surface area contributed by atoms with Gasteiger partial charge in [-0.05, 0) is 25.0 Å². The number of rotatable bonds is 5. The Labute approximate surface area is 122 Å². The molecule has 2 N–H and O–H groups in total. The van der Waals surface area contributed by atoms with Crippen molar-refractivity contribution in [3.63, 3.8) is 0 Å². The van der Waals surface area contributed by atoms with Gasteiger partial charge in [0.25, 0.3) is 0 Å². The fourth-order valence-electron chi connectivity index (χ4n) is 2.03. The molecule has 0 aromatic heterocycles. The van der Waals surface area contributed by atoms with Crippen LogP contribution in [0, 0.1) is 0 Å². The molecule has 0 bridgehead atoms. The molecule has 0 saturated carbocycles. The van der Waals surface area contributed by atoms with Crippen LogP contribution in [0.1, 0.15) is 31.4 Å². The summed E-state index contributed by atoms with van der Waals surface area (Å²) in [7, 11) is 0. The number of benzene rings is 1. The molecule has 0 radical (unpaired) electrons. The molecule has 110 valence electrons. The molecular formula is C14H18ClNO4. The second kappa shape index (κ2) is 6.81. The van der Waals surface area contributed by atoms with Crippen LogP contribution in [0.4, 0.5) is 0 Å². The van der Waals surface area contributed by atoms with Gasteiger partial charge in [-0.3, -0.25) is 4.79 Å². The molecule has 1 heterocycles. The molecule has 0 spiro atoms. The number of halogens is 1. The second-order valence-electron chi connectivity index (χ2n) is 4.47. The first-order chi connectivity index (χ1) is 9.61. The third-order valence-corrected chi connectivity index (χ3v) is 3.35. The van der Waals surface area contributed by atoms with E-state index in [-0.39, 0.29) is 18.4 Å². The minimum Gasteiger partial charge on any atom is -0.486 e. The highest BCUT2D eigenvalue weighted by Crippen LogP contribution is 2.38. The summed E-state index contributed by atoms with van der Waals surface area (Å²) in [6.45, 7) is 3.16. The van der Waals surface area contributed by atoms with Gasteiger partial charge >= 0.3 is 5.97 Å². The van der Waals surface area contributed by atoms with Crippen LogP contribution in [0.25, 0.3) is 0 Å². The second-order valence-corrected chi connectivity index (χ2v) is 4.87. The maximum Gasteiger partial charge on any atom is 0.305 e. The van der Waals surface area contributed by atoms with Crippen molar-refractivity contribution >= 4 is 17.6 Å². The predicted octanol–water partition coefficient (Wildman–Crippen LogP) is 2.45. The van der Waals surface area contributed by atoms with E-state index in [2.05, 4.69) is 0 Å². The van der Waals surface area contributed by atoms with Gasteiger partial charge in [0.1, 0.15) is 13.2 Å². The molecule has 1 aliphatic rings. The van der Waals surface area contributed by atoms with E-state index in [1.165, 1.54) is 0 Å². The zero-order chi connectivity index (χ0) is 14.5. The Morgan fingerprint density at radius 1 is 1.40 bits per heavy atom. The Bertz CT molecular complexity index is 492. The fourth-order valence-corrected chi connectivity index (χ4v) is 2.32. The van der Waals surface area contributed by atoms with Crippen molar-refractivity contribution < 1.29 is 19.0 Å². The average molecular weight is 300 g/mol. The first kappa shape index (κ1) is 14.9. The first-order valence-electron chi connectivity index (χ1n) is 6.62. The molecule has 6 heteroatoms. The number of hydrogen-bond donors (Lipinski definition) is 1. The van der Waals surface area contributed by atoms with Crippen LogP contribution in [0.5, 0.6) is 11.5 Å². The number of nitrogens with two attached hydrogens (primary N) is 1. The van der Waals surface area contributed by atoms with Crippen LogP contribution < -0.4 is 15.2 Å². The number of esters is 1. The van der Waals surface area contributed by atoms with Gasteiger partial charge in [0.15, 0.2) is 11.5 Å². The average Bonchev–Trinajstić information content (AvgIpc) is 2.44. The Morgan fingerprint density at radius 2 is 2.05 bits per heavy atom. The topological polar surface area (TPSA) is 70.8 Å². The quantitative estimate of drug-likeness (QED) is 0.846. The minimum atomic E-state index is -0.345. The zero-order valence-corrected chi connectivity index (χ0v) is 12.1. The third kappa shape index (κ3) is 3.55. The van der Waals surface area contributed by atoms with Crippen LogP contribution in [0.15, 0.2) is 12.1 Å². The third-order valence-electron chi connectivity index (χ3n) is 3.03. The van der Waals surface area contributed by atoms with E-state index in [4.69, 9.17) is 31.5 Å². The molecule has 0 fully saturated rings. The van der Waals surface area contributed by atoms with Gasteiger partial charge in [-0.25, -0.2) is 0 Å². The van der Waals surface area contributed by atoms with Crippen molar-refractivity contribution in [3.05, 3.63) is 22.7 Å². The summed E-state index contributed by atoms with van der Waals surface area (Å²) in [4.78, 5) is 11.3. The summed E-state index contributed by atoms with van der Waals surface area (Å²) in [5.41, 5.74) is 6.84. The maximum atomic E-state index is 11.3. The molecule has 0 aliphatic carbocycles. The van der Waals surface area contributed by atoms with Crippen molar-refractivity contribution in [1.82, 2.24) is 0 Å². The lowest BCUT2D eigenvalue weighted by molar-refractivity contribution is -0.143. The van der Waals surface area contributed by atoms with Crippen LogP contribution in [0.3, 0.4) is 0 Å². The number of fused-ring (bicyclic) bond motifs is 1. The summed E-state index contributed by atoms with van der Waals surface area (Å²) < 4.78 is 15.8. The van der Waals surface area contributed by atoms with Crippen molar-refractivity contribution in [2.24, 2.45) is 5.73 Å². The first-order valence-corrected chi connectivity index (χ1v) is 7.00. The molecule has 1 unspecified atom stereocenters. The molecule has 1 aromatic carbocycles. The highest BCUT2D eigenvalue weighted by atomic mass is 35.5. The molecule has 0 saturated heterocycles. The highest BCUT2D eigenvalue weighted by molar-refractivity contribution is 6.31. The Morgan fingerprint density at radius 3 is 2.70 bits per heavy atom. The van der Waals surface area contributed by atoms with E-state index < -0.39 is 0 Å². The van der Waals surface area contributed by atoms with E-state index in [0.717, 1.165) is 5.56 Å². The van der Waals surface area contributed by atoms with Crippen molar-refractivity contribution in [2.75, 3.05) is 19.8 Å². The van der Waals surface area contributed by atoms with Crippen molar-refractivity contribution in [3.8, 4) is 11.5 Å². The van der Waals surface area contributed by atoms with E-state index in [9.17, 15) is 4.79 Å². The molecule has 20 heavy (non-hydrogen) atoms. The Balaban J connectivity index is 2.05.